The van der Waals surface area contributed by atoms with Gasteiger partial charge in [-0.3, -0.25) is 0 Å². The monoisotopic (exact) mass is 395 g/mol. The Morgan fingerprint density at radius 2 is 1.88 bits per heavy atom. The van der Waals surface area contributed by atoms with E-state index in [9.17, 15) is 4.79 Å². The molecule has 3 rings (SSSR count). The van der Waals surface area contributed by atoms with Crippen LogP contribution < -0.4 is 14.8 Å². The van der Waals surface area contributed by atoms with Gasteiger partial charge in [0.25, 0.3) is 0 Å². The molecule has 7 heteroatoms. The van der Waals surface area contributed by atoms with Crippen LogP contribution in [-0.2, 0) is 11.2 Å². The Morgan fingerprint density at radius 3 is 2.54 bits per heavy atom. The first-order valence-corrected chi connectivity index (χ1v) is 8.81. The average molecular weight is 396 g/mol. The zero-order chi connectivity index (χ0) is 18.8. The van der Waals surface area contributed by atoms with Crippen molar-refractivity contribution in [2.75, 3.05) is 27.9 Å². The van der Waals surface area contributed by atoms with Gasteiger partial charge in [-0.15, -0.1) is 0 Å². The predicted molar refractivity (Wildman–Crippen MR) is 101 cm³/mol. The van der Waals surface area contributed by atoms with Crippen molar-refractivity contribution in [2.24, 2.45) is 0 Å². The van der Waals surface area contributed by atoms with Crippen LogP contribution in [0, 0.1) is 0 Å². The normalized spacial score (nSPS) is 16.0. The van der Waals surface area contributed by atoms with E-state index < -0.39 is 5.97 Å². The third-order valence-electron chi connectivity index (χ3n) is 4.51. The van der Waals surface area contributed by atoms with E-state index in [2.05, 4.69) is 5.32 Å². The molecule has 1 heterocycles. The first-order chi connectivity index (χ1) is 12.5. The molecule has 2 aromatic carbocycles. The molecule has 0 saturated carbocycles. The highest BCUT2D eigenvalue weighted by Gasteiger charge is 2.29. The van der Waals surface area contributed by atoms with Crippen molar-refractivity contribution >= 4 is 29.2 Å². The minimum absolute atomic E-state index is 0.169. The maximum Gasteiger partial charge on any atom is 0.341 e. The van der Waals surface area contributed by atoms with Crippen LogP contribution in [0.4, 0.5) is 0 Å². The lowest BCUT2D eigenvalue weighted by atomic mass is 9.88. The van der Waals surface area contributed by atoms with Gasteiger partial charge < -0.3 is 19.5 Å². The van der Waals surface area contributed by atoms with E-state index in [0.717, 1.165) is 29.7 Å². The Hall–Kier alpha value is -1.95. The number of carbonyl (C=O) groups is 1. The minimum atomic E-state index is -0.447. The number of halogens is 2. The molecule has 0 aromatic heterocycles. The Kier molecular flexibility index (Phi) is 5.61. The molecule has 0 radical (unpaired) electrons. The maximum atomic E-state index is 11.9. The van der Waals surface area contributed by atoms with E-state index in [1.54, 1.807) is 19.2 Å². The fourth-order valence-electron chi connectivity index (χ4n) is 3.34. The van der Waals surface area contributed by atoms with Crippen molar-refractivity contribution in [2.45, 2.75) is 12.5 Å². The standard InChI is InChI=1S/C19H19Cl2NO4/c1-24-15-8-10(4-5-11(15)19(23)26-3)17-16-12(6-7-22-17)18(25-2)14(21)9-13(16)20/h4-5,8-9,17,22H,6-7H2,1-3H3. The average Bonchev–Trinajstić information content (AvgIpc) is 2.66. The van der Waals surface area contributed by atoms with Crippen LogP contribution in [0.1, 0.15) is 33.1 Å². The minimum Gasteiger partial charge on any atom is -0.496 e. The molecule has 5 nitrogen and oxygen atoms in total. The molecule has 1 unspecified atom stereocenters. The number of benzene rings is 2. The van der Waals surface area contributed by atoms with Crippen LogP contribution >= 0.6 is 23.2 Å². The highest BCUT2D eigenvalue weighted by Crippen LogP contribution is 2.43. The van der Waals surface area contributed by atoms with Crippen molar-refractivity contribution in [3.63, 3.8) is 0 Å². The lowest BCUT2D eigenvalue weighted by Gasteiger charge is -2.30. The Labute approximate surface area is 162 Å². The van der Waals surface area contributed by atoms with E-state index in [-0.39, 0.29) is 6.04 Å². The van der Waals surface area contributed by atoms with Gasteiger partial charge in [-0.1, -0.05) is 29.3 Å². The quantitative estimate of drug-likeness (QED) is 0.791. The highest BCUT2D eigenvalue weighted by atomic mass is 35.5. The van der Waals surface area contributed by atoms with Crippen LogP contribution in [0.3, 0.4) is 0 Å². The van der Waals surface area contributed by atoms with Gasteiger partial charge in [-0.05, 0) is 35.7 Å². The van der Waals surface area contributed by atoms with E-state index >= 15 is 0 Å². The van der Waals surface area contributed by atoms with Crippen molar-refractivity contribution in [1.29, 1.82) is 0 Å². The predicted octanol–water partition coefficient (Wildman–Crippen LogP) is 4.03. The number of ether oxygens (including phenoxy) is 3. The molecule has 26 heavy (non-hydrogen) atoms. The summed E-state index contributed by atoms with van der Waals surface area (Å²) >= 11 is 12.8. The number of hydrogen-bond donors (Lipinski definition) is 1. The Morgan fingerprint density at radius 1 is 1.12 bits per heavy atom. The maximum absolute atomic E-state index is 11.9. The van der Waals surface area contributed by atoms with Crippen molar-refractivity contribution < 1.29 is 19.0 Å². The summed E-state index contributed by atoms with van der Waals surface area (Å²) < 4.78 is 15.7. The third kappa shape index (κ3) is 3.22. The number of hydrogen-bond acceptors (Lipinski definition) is 5. The molecule has 1 aliphatic heterocycles. The highest BCUT2D eigenvalue weighted by molar-refractivity contribution is 6.36. The molecule has 0 spiro atoms. The second kappa shape index (κ2) is 7.74. The first kappa shape index (κ1) is 18.8. The van der Waals surface area contributed by atoms with Gasteiger partial charge >= 0.3 is 5.97 Å². The number of esters is 1. The smallest absolute Gasteiger partial charge is 0.341 e. The van der Waals surface area contributed by atoms with Crippen LogP contribution in [-0.4, -0.2) is 33.8 Å². The number of fused-ring (bicyclic) bond motifs is 1. The molecule has 0 amide bonds. The SMILES string of the molecule is COC(=O)c1ccc(C2NCCc3c(OC)c(Cl)cc(Cl)c32)cc1OC. The molecule has 138 valence electrons. The molecule has 2 aromatic rings. The largest absolute Gasteiger partial charge is 0.496 e. The fourth-order valence-corrected chi connectivity index (χ4v) is 4.03. The van der Waals surface area contributed by atoms with Crippen LogP contribution in [0.15, 0.2) is 24.3 Å². The van der Waals surface area contributed by atoms with Gasteiger partial charge in [0.05, 0.1) is 32.4 Å². The van der Waals surface area contributed by atoms with Gasteiger partial charge in [-0.2, -0.15) is 0 Å². The van der Waals surface area contributed by atoms with Gasteiger partial charge in [0, 0.05) is 17.1 Å². The lowest BCUT2D eigenvalue weighted by Crippen LogP contribution is -2.31. The fraction of sp³-hybridized carbons (Fsp3) is 0.316. The molecule has 0 bridgehead atoms. The summed E-state index contributed by atoms with van der Waals surface area (Å²) in [4.78, 5) is 11.9. The van der Waals surface area contributed by atoms with Crippen LogP contribution in [0.2, 0.25) is 10.0 Å². The van der Waals surface area contributed by atoms with Crippen molar-refractivity contribution in [3.05, 3.63) is 56.6 Å². The van der Waals surface area contributed by atoms with Crippen molar-refractivity contribution in [1.82, 2.24) is 5.32 Å². The Bertz CT molecular complexity index is 854. The number of nitrogens with one attached hydrogen (secondary N) is 1. The first-order valence-electron chi connectivity index (χ1n) is 8.06. The Balaban J connectivity index is 2.12. The van der Waals surface area contributed by atoms with Crippen LogP contribution in [0.25, 0.3) is 0 Å². The summed E-state index contributed by atoms with van der Waals surface area (Å²) in [5, 5.41) is 4.53. The number of methoxy groups -OCH3 is 3. The molecule has 0 saturated heterocycles. The van der Waals surface area contributed by atoms with E-state index in [1.165, 1.54) is 14.2 Å². The molecule has 0 fully saturated rings. The lowest BCUT2D eigenvalue weighted by molar-refractivity contribution is 0.0597. The summed E-state index contributed by atoms with van der Waals surface area (Å²) in [5.74, 6) is 0.646. The van der Waals surface area contributed by atoms with Crippen molar-refractivity contribution in [3.8, 4) is 11.5 Å². The third-order valence-corrected chi connectivity index (χ3v) is 5.10. The van der Waals surface area contributed by atoms with Gasteiger partial charge in [0.2, 0.25) is 0 Å². The van der Waals surface area contributed by atoms with E-state index in [4.69, 9.17) is 37.4 Å². The van der Waals surface area contributed by atoms with Gasteiger partial charge in [0.1, 0.15) is 17.1 Å². The number of rotatable bonds is 4. The topological polar surface area (TPSA) is 56.8 Å². The summed E-state index contributed by atoms with van der Waals surface area (Å²) in [6, 6.07) is 6.89. The molecule has 0 aliphatic carbocycles. The zero-order valence-corrected chi connectivity index (χ0v) is 16.2. The van der Waals surface area contributed by atoms with E-state index in [1.807, 2.05) is 12.1 Å². The van der Waals surface area contributed by atoms with Gasteiger partial charge in [-0.25, -0.2) is 4.79 Å². The molecule has 1 aliphatic rings. The molecular weight excluding hydrogens is 377 g/mol. The molecule has 1 atom stereocenters. The summed E-state index contributed by atoms with van der Waals surface area (Å²) in [6.07, 6.45) is 0.757. The second-order valence-corrected chi connectivity index (χ2v) is 6.67. The summed E-state index contributed by atoms with van der Waals surface area (Å²) in [5.41, 5.74) is 3.20. The van der Waals surface area contributed by atoms with Crippen LogP contribution in [0.5, 0.6) is 11.5 Å². The van der Waals surface area contributed by atoms with Gasteiger partial charge in [0.15, 0.2) is 0 Å². The molecular formula is C19H19Cl2NO4. The summed E-state index contributed by atoms with van der Waals surface area (Å²) in [7, 11) is 4.45. The second-order valence-electron chi connectivity index (χ2n) is 5.85. The van der Waals surface area contributed by atoms with E-state index in [0.29, 0.717) is 27.1 Å². The zero-order valence-electron chi connectivity index (χ0n) is 14.7. The summed E-state index contributed by atoms with van der Waals surface area (Å²) in [6.45, 7) is 0.742. The number of carbonyl (C=O) groups excluding carboxylic acids is 1. The molecule has 1 N–H and O–H groups in total.